The standard InChI is InChI=1S/C14H22N4OS2/c1-10(12(19)18-8-4-2-3-5-9-18)20-14-17-16-13(21-14)15-11-6-7-11/h10-11H,2-9H2,1H3,(H,15,16)/t10-/m0/s1. The second-order valence-electron chi connectivity index (χ2n) is 5.79. The molecular weight excluding hydrogens is 304 g/mol. The Kier molecular flexibility index (Phi) is 5.00. The maximum Gasteiger partial charge on any atom is 0.235 e. The number of nitrogens with zero attached hydrogens (tertiary/aromatic N) is 3. The first-order chi connectivity index (χ1) is 10.2. The molecule has 2 fully saturated rings. The Bertz CT molecular complexity index is 481. The number of hydrogen-bond donors (Lipinski definition) is 1. The van der Waals surface area contributed by atoms with Crippen LogP contribution in [0.2, 0.25) is 0 Å². The van der Waals surface area contributed by atoms with E-state index in [9.17, 15) is 4.79 Å². The van der Waals surface area contributed by atoms with Crippen LogP contribution >= 0.6 is 23.1 Å². The molecule has 2 aliphatic rings. The highest BCUT2D eigenvalue weighted by Gasteiger charge is 2.25. The lowest BCUT2D eigenvalue weighted by molar-refractivity contribution is -0.130. The average molecular weight is 326 g/mol. The first-order valence-electron chi connectivity index (χ1n) is 7.78. The zero-order chi connectivity index (χ0) is 14.7. The molecule has 1 saturated carbocycles. The largest absolute Gasteiger partial charge is 0.357 e. The van der Waals surface area contributed by atoms with Gasteiger partial charge in [-0.15, -0.1) is 10.2 Å². The summed E-state index contributed by atoms with van der Waals surface area (Å²) in [4.78, 5) is 14.5. The van der Waals surface area contributed by atoms with Crippen molar-refractivity contribution < 1.29 is 4.79 Å². The molecule has 1 aromatic heterocycles. The van der Waals surface area contributed by atoms with E-state index in [4.69, 9.17) is 0 Å². The van der Waals surface area contributed by atoms with Gasteiger partial charge in [0.05, 0.1) is 5.25 Å². The van der Waals surface area contributed by atoms with Crippen molar-refractivity contribution in [3.8, 4) is 0 Å². The molecule has 0 unspecified atom stereocenters. The van der Waals surface area contributed by atoms with E-state index in [-0.39, 0.29) is 11.2 Å². The minimum atomic E-state index is -0.0789. The fraction of sp³-hybridized carbons (Fsp3) is 0.786. The molecule has 1 amide bonds. The summed E-state index contributed by atoms with van der Waals surface area (Å²) in [7, 11) is 0. The SMILES string of the molecule is C[C@H](Sc1nnc(NC2CC2)s1)C(=O)N1CCCCCC1. The van der Waals surface area contributed by atoms with E-state index in [2.05, 4.69) is 15.5 Å². The van der Waals surface area contributed by atoms with E-state index < -0.39 is 0 Å². The Hall–Kier alpha value is -0.820. The highest BCUT2D eigenvalue weighted by molar-refractivity contribution is 8.02. The summed E-state index contributed by atoms with van der Waals surface area (Å²) in [6.45, 7) is 3.80. The van der Waals surface area contributed by atoms with Gasteiger partial charge >= 0.3 is 0 Å². The number of carbonyl (C=O) groups is 1. The molecular formula is C14H22N4OS2. The van der Waals surface area contributed by atoms with Crippen molar-refractivity contribution in [2.45, 2.75) is 61.1 Å². The second kappa shape index (κ2) is 6.96. The van der Waals surface area contributed by atoms with Crippen molar-refractivity contribution in [2.24, 2.45) is 0 Å². The van der Waals surface area contributed by atoms with Gasteiger partial charge in [-0.1, -0.05) is 35.9 Å². The highest BCUT2D eigenvalue weighted by atomic mass is 32.2. The zero-order valence-corrected chi connectivity index (χ0v) is 14.0. The third kappa shape index (κ3) is 4.32. The van der Waals surface area contributed by atoms with Crippen LogP contribution in [0.15, 0.2) is 4.34 Å². The fourth-order valence-corrected chi connectivity index (χ4v) is 4.52. The molecule has 3 rings (SSSR count). The summed E-state index contributed by atoms with van der Waals surface area (Å²) < 4.78 is 0.883. The molecule has 0 aromatic carbocycles. The lowest BCUT2D eigenvalue weighted by Gasteiger charge is -2.23. The van der Waals surface area contributed by atoms with E-state index in [0.717, 1.165) is 35.4 Å². The molecule has 1 aromatic rings. The fourth-order valence-electron chi connectivity index (χ4n) is 2.47. The van der Waals surface area contributed by atoms with Crippen molar-refractivity contribution in [2.75, 3.05) is 18.4 Å². The van der Waals surface area contributed by atoms with Crippen LogP contribution in [0.25, 0.3) is 0 Å². The third-order valence-electron chi connectivity index (χ3n) is 3.85. The maximum atomic E-state index is 12.5. The van der Waals surface area contributed by atoms with Crippen LogP contribution in [0.1, 0.15) is 45.4 Å². The van der Waals surface area contributed by atoms with Crippen molar-refractivity contribution in [1.29, 1.82) is 0 Å². The van der Waals surface area contributed by atoms with Crippen LogP contribution in [-0.2, 0) is 4.79 Å². The lowest BCUT2D eigenvalue weighted by Crippen LogP contribution is -2.37. The number of rotatable bonds is 5. The van der Waals surface area contributed by atoms with Crippen LogP contribution in [0, 0.1) is 0 Å². The van der Waals surface area contributed by atoms with Gasteiger partial charge < -0.3 is 10.2 Å². The van der Waals surface area contributed by atoms with E-state index >= 15 is 0 Å². The molecule has 7 heteroatoms. The maximum absolute atomic E-state index is 12.5. The number of thioether (sulfide) groups is 1. The minimum Gasteiger partial charge on any atom is -0.357 e. The van der Waals surface area contributed by atoms with Crippen LogP contribution < -0.4 is 5.32 Å². The molecule has 2 heterocycles. The summed E-state index contributed by atoms with van der Waals surface area (Å²) in [6, 6.07) is 0.590. The number of nitrogens with one attached hydrogen (secondary N) is 1. The lowest BCUT2D eigenvalue weighted by atomic mass is 10.2. The molecule has 0 spiro atoms. The highest BCUT2D eigenvalue weighted by Crippen LogP contribution is 2.32. The molecule has 1 N–H and O–H groups in total. The number of carbonyl (C=O) groups excluding carboxylic acids is 1. The first-order valence-corrected chi connectivity index (χ1v) is 9.47. The molecule has 1 atom stereocenters. The van der Waals surface area contributed by atoms with Crippen LogP contribution in [0.5, 0.6) is 0 Å². The Morgan fingerprint density at radius 2 is 2.00 bits per heavy atom. The number of anilines is 1. The van der Waals surface area contributed by atoms with E-state index in [0.29, 0.717) is 6.04 Å². The van der Waals surface area contributed by atoms with Crippen molar-refractivity contribution in [3.05, 3.63) is 0 Å². The molecule has 21 heavy (non-hydrogen) atoms. The number of amides is 1. The van der Waals surface area contributed by atoms with Gasteiger partial charge in [0.15, 0.2) is 4.34 Å². The van der Waals surface area contributed by atoms with Crippen LogP contribution in [0.4, 0.5) is 5.13 Å². The normalized spacial score (nSPS) is 20.9. The van der Waals surface area contributed by atoms with Crippen molar-refractivity contribution in [1.82, 2.24) is 15.1 Å². The van der Waals surface area contributed by atoms with Crippen LogP contribution in [0.3, 0.4) is 0 Å². The van der Waals surface area contributed by atoms with Crippen molar-refractivity contribution >= 4 is 34.1 Å². The Labute approximate surface area is 133 Å². The summed E-state index contributed by atoms with van der Waals surface area (Å²) in [6.07, 6.45) is 7.22. The molecule has 5 nitrogen and oxygen atoms in total. The smallest absolute Gasteiger partial charge is 0.235 e. The van der Waals surface area contributed by atoms with Gasteiger partial charge in [0, 0.05) is 19.1 Å². The second-order valence-corrected chi connectivity index (χ2v) is 8.36. The van der Waals surface area contributed by atoms with Gasteiger partial charge in [-0.25, -0.2) is 0 Å². The van der Waals surface area contributed by atoms with Crippen molar-refractivity contribution in [3.63, 3.8) is 0 Å². The van der Waals surface area contributed by atoms with Crippen LogP contribution in [-0.4, -0.2) is 45.4 Å². The summed E-state index contributed by atoms with van der Waals surface area (Å²) in [5.41, 5.74) is 0. The van der Waals surface area contributed by atoms with Gasteiger partial charge in [-0.3, -0.25) is 4.79 Å². The summed E-state index contributed by atoms with van der Waals surface area (Å²) >= 11 is 3.09. The Morgan fingerprint density at radius 3 is 2.67 bits per heavy atom. The van der Waals surface area contributed by atoms with E-state index in [1.165, 1.54) is 37.4 Å². The Morgan fingerprint density at radius 1 is 1.29 bits per heavy atom. The molecule has 1 aliphatic carbocycles. The summed E-state index contributed by atoms with van der Waals surface area (Å²) in [5, 5.41) is 12.5. The van der Waals surface area contributed by atoms with E-state index in [1.807, 2.05) is 11.8 Å². The van der Waals surface area contributed by atoms with Gasteiger partial charge in [0.1, 0.15) is 0 Å². The molecule has 1 saturated heterocycles. The Balaban J connectivity index is 1.52. The molecule has 0 radical (unpaired) electrons. The van der Waals surface area contributed by atoms with Gasteiger partial charge in [0.2, 0.25) is 11.0 Å². The van der Waals surface area contributed by atoms with Gasteiger partial charge in [0.25, 0.3) is 0 Å². The molecule has 116 valence electrons. The number of hydrogen-bond acceptors (Lipinski definition) is 6. The topological polar surface area (TPSA) is 58.1 Å². The average Bonchev–Trinajstić information content (AvgIpc) is 3.23. The zero-order valence-electron chi connectivity index (χ0n) is 12.4. The monoisotopic (exact) mass is 326 g/mol. The predicted octanol–water partition coefficient (Wildman–Crippen LogP) is 3.00. The first kappa shape index (κ1) is 15.1. The van der Waals surface area contributed by atoms with Gasteiger partial charge in [-0.05, 0) is 32.6 Å². The molecule has 0 bridgehead atoms. The quantitative estimate of drug-likeness (QED) is 0.843. The number of likely N-dealkylation sites (tertiary alicyclic amines) is 1. The predicted molar refractivity (Wildman–Crippen MR) is 86.9 cm³/mol. The van der Waals surface area contributed by atoms with Gasteiger partial charge in [-0.2, -0.15) is 0 Å². The summed E-state index contributed by atoms with van der Waals surface area (Å²) in [5.74, 6) is 0.244. The number of aromatic nitrogens is 2. The van der Waals surface area contributed by atoms with E-state index in [1.54, 1.807) is 11.3 Å². The molecule has 1 aliphatic heterocycles. The third-order valence-corrected chi connectivity index (χ3v) is 5.88. The minimum absolute atomic E-state index is 0.0789.